The maximum absolute atomic E-state index is 12.9. The van der Waals surface area contributed by atoms with Crippen LogP contribution in [0.15, 0.2) is 18.2 Å². The summed E-state index contributed by atoms with van der Waals surface area (Å²) in [5, 5.41) is 12.0. The molecule has 0 aliphatic heterocycles. The first-order valence-corrected chi connectivity index (χ1v) is 6.45. The lowest BCUT2D eigenvalue weighted by molar-refractivity contribution is 0.243. The van der Waals surface area contributed by atoms with Crippen molar-refractivity contribution < 1.29 is 18.6 Å². The van der Waals surface area contributed by atoms with Crippen LogP contribution in [-0.2, 0) is 0 Å². The summed E-state index contributed by atoms with van der Waals surface area (Å²) in [7, 11) is 0. The molecule has 0 heterocycles. The number of nitrogens with one attached hydrogen (secondary N) is 1. The molecule has 2 atom stereocenters. The number of aliphatic hydroxyl groups is 1. The molecule has 19 heavy (non-hydrogen) atoms. The van der Waals surface area contributed by atoms with Crippen LogP contribution in [0.25, 0.3) is 0 Å². The van der Waals surface area contributed by atoms with Gasteiger partial charge in [-0.2, -0.15) is 0 Å². The predicted octanol–water partition coefficient (Wildman–Crippen LogP) is 2.34. The molecule has 0 saturated carbocycles. The average Bonchev–Trinajstić information content (AvgIpc) is 2.38. The molecule has 0 saturated heterocycles. The Balaban J connectivity index is 2.29. The molecule has 0 aliphatic rings. The van der Waals surface area contributed by atoms with Gasteiger partial charge in [-0.3, -0.25) is 0 Å². The van der Waals surface area contributed by atoms with Crippen molar-refractivity contribution in [2.45, 2.75) is 26.3 Å². The summed E-state index contributed by atoms with van der Waals surface area (Å²) in [6.45, 7) is 5.33. The number of benzene rings is 1. The Bertz CT molecular complexity index is 388. The topological polar surface area (TPSA) is 41.5 Å². The quantitative estimate of drug-likeness (QED) is 0.764. The number of ether oxygens (including phenoxy) is 1. The minimum Gasteiger partial charge on any atom is -0.492 e. The fraction of sp³-hybridized carbons (Fsp3) is 0.571. The van der Waals surface area contributed by atoms with Gasteiger partial charge in [-0.05, 0) is 37.9 Å². The molecule has 1 aromatic rings. The second-order valence-electron chi connectivity index (χ2n) is 4.81. The van der Waals surface area contributed by atoms with Crippen LogP contribution in [0.4, 0.5) is 8.78 Å². The van der Waals surface area contributed by atoms with E-state index in [0.717, 1.165) is 25.1 Å². The predicted molar refractivity (Wildman–Crippen MR) is 70.2 cm³/mol. The van der Waals surface area contributed by atoms with Crippen LogP contribution in [0.2, 0.25) is 0 Å². The van der Waals surface area contributed by atoms with E-state index in [9.17, 15) is 8.78 Å². The highest BCUT2D eigenvalue weighted by molar-refractivity contribution is 5.23. The van der Waals surface area contributed by atoms with Gasteiger partial charge in [0, 0.05) is 18.7 Å². The summed E-state index contributed by atoms with van der Waals surface area (Å²) in [4.78, 5) is 0. The van der Waals surface area contributed by atoms with E-state index in [1.54, 1.807) is 0 Å². The van der Waals surface area contributed by atoms with E-state index in [-0.39, 0.29) is 12.6 Å². The molecule has 3 nitrogen and oxygen atoms in total. The normalized spacial score (nSPS) is 14.2. The molecule has 0 aromatic heterocycles. The van der Waals surface area contributed by atoms with Crippen LogP contribution in [0.1, 0.15) is 20.3 Å². The zero-order chi connectivity index (χ0) is 14.3. The number of hydrogen-bond acceptors (Lipinski definition) is 3. The third kappa shape index (κ3) is 5.98. The van der Waals surface area contributed by atoms with Crippen molar-refractivity contribution in [1.29, 1.82) is 0 Å². The summed E-state index contributed by atoms with van der Waals surface area (Å²) in [5.41, 5.74) is 0. The summed E-state index contributed by atoms with van der Waals surface area (Å²) >= 11 is 0. The first-order chi connectivity index (χ1) is 9.02. The van der Waals surface area contributed by atoms with Gasteiger partial charge in [0.2, 0.25) is 0 Å². The van der Waals surface area contributed by atoms with Crippen LogP contribution in [0.5, 0.6) is 5.75 Å². The molecule has 0 aliphatic carbocycles. The van der Waals surface area contributed by atoms with E-state index in [1.807, 2.05) is 13.8 Å². The van der Waals surface area contributed by atoms with Gasteiger partial charge in [-0.15, -0.1) is 0 Å². The zero-order valence-corrected chi connectivity index (χ0v) is 11.3. The highest BCUT2D eigenvalue weighted by atomic mass is 19.2. The van der Waals surface area contributed by atoms with E-state index < -0.39 is 11.6 Å². The molecule has 108 valence electrons. The van der Waals surface area contributed by atoms with Crippen LogP contribution < -0.4 is 10.1 Å². The SMILES string of the molecule is CC(CCO)CNC(C)COc1ccc(F)c(F)c1. The number of halogens is 2. The van der Waals surface area contributed by atoms with Gasteiger partial charge in [-0.25, -0.2) is 8.78 Å². The summed E-state index contributed by atoms with van der Waals surface area (Å²) in [6, 6.07) is 3.58. The lowest BCUT2D eigenvalue weighted by atomic mass is 10.1. The highest BCUT2D eigenvalue weighted by Crippen LogP contribution is 2.15. The fourth-order valence-electron chi connectivity index (χ4n) is 1.57. The Morgan fingerprint density at radius 3 is 2.63 bits per heavy atom. The van der Waals surface area contributed by atoms with E-state index >= 15 is 0 Å². The smallest absolute Gasteiger partial charge is 0.162 e. The molecule has 5 heteroatoms. The molecule has 0 amide bonds. The van der Waals surface area contributed by atoms with Crippen molar-refractivity contribution in [3.8, 4) is 5.75 Å². The van der Waals surface area contributed by atoms with E-state index in [4.69, 9.17) is 9.84 Å². The van der Waals surface area contributed by atoms with E-state index in [2.05, 4.69) is 5.32 Å². The molecule has 2 unspecified atom stereocenters. The molecule has 0 bridgehead atoms. The zero-order valence-electron chi connectivity index (χ0n) is 11.3. The minimum atomic E-state index is -0.908. The van der Waals surface area contributed by atoms with Crippen LogP contribution in [0, 0.1) is 17.6 Å². The maximum Gasteiger partial charge on any atom is 0.162 e. The Labute approximate surface area is 112 Å². The molecule has 0 fully saturated rings. The number of hydrogen-bond donors (Lipinski definition) is 2. The monoisotopic (exact) mass is 273 g/mol. The molecule has 0 radical (unpaired) electrons. The first kappa shape index (κ1) is 15.9. The van der Waals surface area contributed by atoms with Crippen molar-refractivity contribution in [3.05, 3.63) is 29.8 Å². The maximum atomic E-state index is 12.9. The van der Waals surface area contributed by atoms with E-state index in [1.165, 1.54) is 6.07 Å². The Kier molecular flexibility index (Phi) is 6.73. The third-order valence-electron chi connectivity index (χ3n) is 2.83. The van der Waals surface area contributed by atoms with Gasteiger partial charge in [0.15, 0.2) is 11.6 Å². The second-order valence-corrected chi connectivity index (χ2v) is 4.81. The van der Waals surface area contributed by atoms with Crippen molar-refractivity contribution >= 4 is 0 Å². The second kappa shape index (κ2) is 8.07. The van der Waals surface area contributed by atoms with Gasteiger partial charge >= 0.3 is 0 Å². The largest absolute Gasteiger partial charge is 0.492 e. The molecule has 1 rings (SSSR count). The number of rotatable bonds is 8. The van der Waals surface area contributed by atoms with Crippen LogP contribution in [0.3, 0.4) is 0 Å². The van der Waals surface area contributed by atoms with E-state index in [0.29, 0.717) is 18.3 Å². The molecule has 0 spiro atoms. The highest BCUT2D eigenvalue weighted by Gasteiger charge is 2.07. The molecule has 1 aromatic carbocycles. The lowest BCUT2D eigenvalue weighted by Gasteiger charge is -2.17. The Morgan fingerprint density at radius 2 is 2.00 bits per heavy atom. The number of aliphatic hydroxyl groups excluding tert-OH is 1. The molecule has 2 N–H and O–H groups in total. The third-order valence-corrected chi connectivity index (χ3v) is 2.83. The first-order valence-electron chi connectivity index (χ1n) is 6.45. The Hall–Kier alpha value is -1.20. The standard InChI is InChI=1S/C14H21F2NO2/c1-10(5-6-18)8-17-11(2)9-19-12-3-4-13(15)14(16)7-12/h3-4,7,10-11,17-18H,5-6,8-9H2,1-2H3. The van der Waals surface area contributed by atoms with Gasteiger partial charge in [-0.1, -0.05) is 6.92 Å². The molecular formula is C14H21F2NO2. The van der Waals surface area contributed by atoms with Crippen molar-refractivity contribution in [2.24, 2.45) is 5.92 Å². The molecular weight excluding hydrogens is 252 g/mol. The minimum absolute atomic E-state index is 0.0919. The van der Waals surface area contributed by atoms with Gasteiger partial charge in [0.1, 0.15) is 12.4 Å². The fourth-order valence-corrected chi connectivity index (χ4v) is 1.57. The summed E-state index contributed by atoms with van der Waals surface area (Å²) < 4.78 is 31.0. The van der Waals surface area contributed by atoms with Crippen molar-refractivity contribution in [3.63, 3.8) is 0 Å². The van der Waals surface area contributed by atoms with Gasteiger partial charge in [0.05, 0.1) is 0 Å². The Morgan fingerprint density at radius 1 is 1.26 bits per heavy atom. The summed E-state index contributed by atoms with van der Waals surface area (Å²) in [6.07, 6.45) is 0.754. The summed E-state index contributed by atoms with van der Waals surface area (Å²) in [5.74, 6) is -1.09. The van der Waals surface area contributed by atoms with Crippen molar-refractivity contribution in [2.75, 3.05) is 19.8 Å². The van der Waals surface area contributed by atoms with Gasteiger partial charge < -0.3 is 15.2 Å². The average molecular weight is 273 g/mol. The van der Waals surface area contributed by atoms with Crippen LogP contribution in [-0.4, -0.2) is 30.9 Å². The van der Waals surface area contributed by atoms with Crippen LogP contribution >= 0.6 is 0 Å². The van der Waals surface area contributed by atoms with Crippen molar-refractivity contribution in [1.82, 2.24) is 5.32 Å². The lowest BCUT2D eigenvalue weighted by Crippen LogP contribution is -2.35. The van der Waals surface area contributed by atoms with Gasteiger partial charge in [0.25, 0.3) is 0 Å².